The van der Waals surface area contributed by atoms with Gasteiger partial charge in [-0.1, -0.05) is 6.07 Å². The van der Waals surface area contributed by atoms with Crippen molar-refractivity contribution in [3.63, 3.8) is 0 Å². The van der Waals surface area contributed by atoms with Crippen molar-refractivity contribution in [2.45, 2.75) is 6.54 Å². The summed E-state index contributed by atoms with van der Waals surface area (Å²) in [7, 11) is 0. The molecular formula is C9H6N2O. The Morgan fingerprint density at radius 2 is 2.33 bits per heavy atom. The second kappa shape index (κ2) is 2.35. The lowest BCUT2D eigenvalue weighted by Gasteiger charge is -1.93. The van der Waals surface area contributed by atoms with Crippen LogP contribution in [0.3, 0.4) is 0 Å². The maximum Gasteiger partial charge on any atom is 0.251 e. The molecule has 0 fully saturated rings. The Kier molecular flexibility index (Phi) is 1.34. The first kappa shape index (κ1) is 6.86. The highest BCUT2D eigenvalue weighted by Gasteiger charge is 2.18. The second-order valence-corrected chi connectivity index (χ2v) is 2.67. The average Bonchev–Trinajstić information content (AvgIpc) is 2.47. The van der Waals surface area contributed by atoms with Crippen molar-refractivity contribution < 1.29 is 4.79 Å². The molecule has 0 aromatic heterocycles. The number of fused-ring (bicyclic) bond motifs is 1. The van der Waals surface area contributed by atoms with E-state index in [1.54, 1.807) is 12.1 Å². The van der Waals surface area contributed by atoms with E-state index in [0.717, 1.165) is 5.56 Å². The number of nitrogens with zero attached hydrogens (tertiary/aromatic N) is 1. The third kappa shape index (κ3) is 0.857. The van der Waals surface area contributed by atoms with Crippen LogP contribution < -0.4 is 5.32 Å². The lowest BCUT2D eigenvalue weighted by molar-refractivity contribution is 0.0966. The van der Waals surface area contributed by atoms with Crippen LogP contribution in [0.1, 0.15) is 21.5 Å². The van der Waals surface area contributed by atoms with E-state index < -0.39 is 0 Å². The van der Waals surface area contributed by atoms with Crippen LogP contribution in [0.5, 0.6) is 0 Å². The number of amides is 1. The highest BCUT2D eigenvalue weighted by molar-refractivity contribution is 5.98. The second-order valence-electron chi connectivity index (χ2n) is 2.67. The van der Waals surface area contributed by atoms with Gasteiger partial charge in [-0.15, -0.1) is 0 Å². The van der Waals surface area contributed by atoms with E-state index in [-0.39, 0.29) is 5.91 Å². The van der Waals surface area contributed by atoms with Gasteiger partial charge in [-0.25, -0.2) is 0 Å². The van der Waals surface area contributed by atoms with Gasteiger partial charge in [-0.3, -0.25) is 4.79 Å². The highest BCUT2D eigenvalue weighted by Crippen LogP contribution is 2.16. The molecule has 0 bridgehead atoms. The molecule has 0 unspecified atom stereocenters. The Bertz CT molecular complexity index is 390. The van der Waals surface area contributed by atoms with Gasteiger partial charge in [0.1, 0.15) is 0 Å². The minimum Gasteiger partial charge on any atom is -0.348 e. The fourth-order valence-electron chi connectivity index (χ4n) is 1.28. The van der Waals surface area contributed by atoms with Crippen molar-refractivity contribution in [1.29, 1.82) is 5.26 Å². The summed E-state index contributed by atoms with van der Waals surface area (Å²) < 4.78 is 0. The first-order chi connectivity index (χ1) is 5.81. The molecule has 0 saturated carbocycles. The number of rotatable bonds is 0. The maximum absolute atomic E-state index is 11.1. The predicted molar refractivity (Wildman–Crippen MR) is 42.3 cm³/mol. The Labute approximate surface area is 69.6 Å². The van der Waals surface area contributed by atoms with Crippen LogP contribution in [-0.2, 0) is 6.54 Å². The third-order valence-electron chi connectivity index (χ3n) is 1.92. The number of benzene rings is 1. The average molecular weight is 158 g/mol. The molecule has 0 saturated heterocycles. The smallest absolute Gasteiger partial charge is 0.251 e. The van der Waals surface area contributed by atoms with E-state index in [1.165, 1.54) is 0 Å². The molecule has 0 radical (unpaired) electrons. The van der Waals surface area contributed by atoms with Crippen LogP contribution >= 0.6 is 0 Å². The number of hydrogen-bond acceptors (Lipinski definition) is 2. The largest absolute Gasteiger partial charge is 0.348 e. The number of carbonyl (C=O) groups is 1. The van der Waals surface area contributed by atoms with Crippen LogP contribution in [0.4, 0.5) is 0 Å². The molecule has 3 nitrogen and oxygen atoms in total. The standard InChI is InChI=1S/C9H6N2O/c10-4-6-1-2-7-5-11-9(12)8(7)3-6/h1-3H,5H2,(H,11,12). The van der Waals surface area contributed by atoms with Crippen molar-refractivity contribution in [1.82, 2.24) is 5.32 Å². The highest BCUT2D eigenvalue weighted by atomic mass is 16.1. The summed E-state index contributed by atoms with van der Waals surface area (Å²) in [5, 5.41) is 11.3. The van der Waals surface area contributed by atoms with Gasteiger partial charge in [-0.2, -0.15) is 5.26 Å². The molecule has 12 heavy (non-hydrogen) atoms. The van der Waals surface area contributed by atoms with Crippen molar-refractivity contribution >= 4 is 5.91 Å². The maximum atomic E-state index is 11.1. The Balaban J connectivity index is 2.59. The SMILES string of the molecule is N#Cc1ccc2c(c1)C(=O)NC2. The van der Waals surface area contributed by atoms with Gasteiger partial charge in [-0.05, 0) is 17.7 Å². The van der Waals surface area contributed by atoms with E-state index in [2.05, 4.69) is 5.32 Å². The van der Waals surface area contributed by atoms with Gasteiger partial charge in [0.15, 0.2) is 0 Å². The number of nitrogens with one attached hydrogen (secondary N) is 1. The summed E-state index contributed by atoms with van der Waals surface area (Å²) in [5.41, 5.74) is 2.14. The van der Waals surface area contributed by atoms with Gasteiger partial charge >= 0.3 is 0 Å². The van der Waals surface area contributed by atoms with E-state index in [4.69, 9.17) is 5.26 Å². The molecule has 0 spiro atoms. The molecular weight excluding hydrogens is 152 g/mol. The molecule has 1 aromatic rings. The van der Waals surface area contributed by atoms with Gasteiger partial charge in [0.2, 0.25) is 0 Å². The number of hydrogen-bond donors (Lipinski definition) is 1. The molecule has 1 aliphatic heterocycles. The summed E-state index contributed by atoms with van der Waals surface area (Å²) in [5.74, 6) is -0.0814. The molecule has 1 aromatic carbocycles. The molecule has 1 amide bonds. The first-order valence-corrected chi connectivity index (χ1v) is 3.62. The van der Waals surface area contributed by atoms with Crippen LogP contribution in [0.25, 0.3) is 0 Å². The van der Waals surface area contributed by atoms with Crippen LogP contribution in [0, 0.1) is 11.3 Å². The molecule has 2 rings (SSSR count). The van der Waals surface area contributed by atoms with Gasteiger partial charge in [0.05, 0.1) is 11.6 Å². The normalized spacial score (nSPS) is 13.4. The topological polar surface area (TPSA) is 52.9 Å². The first-order valence-electron chi connectivity index (χ1n) is 3.62. The third-order valence-corrected chi connectivity index (χ3v) is 1.92. The van der Waals surface area contributed by atoms with Crippen LogP contribution in [0.2, 0.25) is 0 Å². The van der Waals surface area contributed by atoms with Crippen LogP contribution in [0.15, 0.2) is 18.2 Å². The van der Waals surface area contributed by atoms with Crippen molar-refractivity contribution in [3.8, 4) is 6.07 Å². The van der Waals surface area contributed by atoms with Crippen LogP contribution in [-0.4, -0.2) is 5.91 Å². The van der Waals surface area contributed by atoms with E-state index in [0.29, 0.717) is 17.7 Å². The van der Waals surface area contributed by atoms with Gasteiger partial charge in [0, 0.05) is 12.1 Å². The molecule has 1 heterocycles. The van der Waals surface area contributed by atoms with E-state index in [1.807, 2.05) is 12.1 Å². The molecule has 0 atom stereocenters. The van der Waals surface area contributed by atoms with Gasteiger partial charge < -0.3 is 5.32 Å². The quantitative estimate of drug-likeness (QED) is 0.607. The zero-order valence-corrected chi connectivity index (χ0v) is 6.29. The molecule has 58 valence electrons. The van der Waals surface area contributed by atoms with E-state index in [9.17, 15) is 4.79 Å². The number of carbonyl (C=O) groups excluding carboxylic acids is 1. The Morgan fingerprint density at radius 1 is 1.50 bits per heavy atom. The summed E-state index contributed by atoms with van der Waals surface area (Å²) in [6.45, 7) is 0.583. The number of nitriles is 1. The summed E-state index contributed by atoms with van der Waals surface area (Å²) in [4.78, 5) is 11.1. The Hall–Kier alpha value is -1.82. The minimum absolute atomic E-state index is 0.0814. The lowest BCUT2D eigenvalue weighted by Crippen LogP contribution is -2.12. The van der Waals surface area contributed by atoms with Crippen molar-refractivity contribution in [2.75, 3.05) is 0 Å². The monoisotopic (exact) mass is 158 g/mol. The molecule has 1 aliphatic rings. The summed E-state index contributed by atoms with van der Waals surface area (Å²) in [6.07, 6.45) is 0. The fraction of sp³-hybridized carbons (Fsp3) is 0.111. The Morgan fingerprint density at radius 3 is 3.08 bits per heavy atom. The lowest BCUT2D eigenvalue weighted by atomic mass is 10.1. The van der Waals surface area contributed by atoms with Crippen molar-refractivity contribution in [3.05, 3.63) is 34.9 Å². The fourth-order valence-corrected chi connectivity index (χ4v) is 1.28. The molecule has 0 aliphatic carbocycles. The van der Waals surface area contributed by atoms with Gasteiger partial charge in [0.25, 0.3) is 5.91 Å². The zero-order chi connectivity index (χ0) is 8.55. The summed E-state index contributed by atoms with van der Waals surface area (Å²) in [6, 6.07) is 7.15. The van der Waals surface area contributed by atoms with Crippen molar-refractivity contribution in [2.24, 2.45) is 0 Å². The minimum atomic E-state index is -0.0814. The van der Waals surface area contributed by atoms with E-state index >= 15 is 0 Å². The zero-order valence-electron chi connectivity index (χ0n) is 6.29. The molecule has 1 N–H and O–H groups in total. The molecule has 3 heteroatoms. The summed E-state index contributed by atoms with van der Waals surface area (Å²) >= 11 is 0. The predicted octanol–water partition coefficient (Wildman–Crippen LogP) is 0.802.